The Kier molecular flexibility index (Phi) is 8.33. The van der Waals surface area contributed by atoms with E-state index in [0.29, 0.717) is 0 Å². The molecule has 0 atom stereocenters. The molecule has 0 aliphatic heterocycles. The highest BCUT2D eigenvalue weighted by molar-refractivity contribution is 5.97. The molecule has 0 nitrogen and oxygen atoms in total. The van der Waals surface area contributed by atoms with Gasteiger partial charge in [0.25, 0.3) is 0 Å². The van der Waals surface area contributed by atoms with Crippen molar-refractivity contribution in [1.29, 1.82) is 0 Å². The van der Waals surface area contributed by atoms with Gasteiger partial charge in [0.15, 0.2) is 0 Å². The van der Waals surface area contributed by atoms with Crippen molar-refractivity contribution in [2.75, 3.05) is 0 Å². The molecule has 0 saturated heterocycles. The Labute approximate surface area is 306 Å². The van der Waals surface area contributed by atoms with E-state index in [9.17, 15) is 0 Å². The van der Waals surface area contributed by atoms with E-state index in [0.717, 1.165) is 0 Å². The molecule has 0 heteroatoms. The van der Waals surface area contributed by atoms with Crippen LogP contribution in [0.25, 0.3) is 88.7 Å². The van der Waals surface area contributed by atoms with E-state index in [1.54, 1.807) is 0 Å². The maximum absolute atomic E-state index is 2.36. The van der Waals surface area contributed by atoms with Crippen LogP contribution in [0.15, 0.2) is 218 Å². The van der Waals surface area contributed by atoms with E-state index < -0.39 is 0 Å². The Bertz CT molecular complexity index is 2630. The summed E-state index contributed by atoms with van der Waals surface area (Å²) in [5.41, 5.74) is 17.0. The first kappa shape index (κ1) is 31.2. The van der Waals surface area contributed by atoms with Crippen molar-refractivity contribution in [2.24, 2.45) is 0 Å². The number of fused-ring (bicyclic) bond motifs is 1. The summed E-state index contributed by atoms with van der Waals surface area (Å²) >= 11 is 0. The van der Waals surface area contributed by atoms with E-state index in [4.69, 9.17) is 0 Å². The van der Waals surface area contributed by atoms with Gasteiger partial charge in [-0.3, -0.25) is 0 Å². The molecule has 0 amide bonds. The maximum atomic E-state index is 2.36. The average molecular weight is 661 g/mol. The van der Waals surface area contributed by atoms with Crippen LogP contribution >= 0.6 is 0 Å². The summed E-state index contributed by atoms with van der Waals surface area (Å²) in [5, 5.41) is 2.52. The summed E-state index contributed by atoms with van der Waals surface area (Å²) in [5.74, 6) is 0. The number of benzene rings is 9. The van der Waals surface area contributed by atoms with Crippen LogP contribution in [0.5, 0.6) is 0 Å². The molecular formula is C52H36. The van der Waals surface area contributed by atoms with Gasteiger partial charge in [-0.05, 0) is 101 Å². The molecule has 9 rings (SSSR count). The van der Waals surface area contributed by atoms with Crippen LogP contribution < -0.4 is 0 Å². The molecule has 0 spiro atoms. The van der Waals surface area contributed by atoms with Crippen molar-refractivity contribution in [1.82, 2.24) is 0 Å². The van der Waals surface area contributed by atoms with Crippen molar-refractivity contribution in [2.45, 2.75) is 0 Å². The molecule has 0 fully saturated rings. The second-order valence-electron chi connectivity index (χ2n) is 13.3. The first-order chi connectivity index (χ1) is 25.8. The van der Waals surface area contributed by atoms with Gasteiger partial charge >= 0.3 is 0 Å². The predicted octanol–water partition coefficient (Wildman–Crippen LogP) is 14.5. The van der Waals surface area contributed by atoms with Gasteiger partial charge in [-0.2, -0.15) is 0 Å². The quantitative estimate of drug-likeness (QED) is 0.160. The third kappa shape index (κ3) is 6.12. The Balaban J connectivity index is 1.11. The fourth-order valence-corrected chi connectivity index (χ4v) is 7.43. The van der Waals surface area contributed by atoms with E-state index in [1.807, 2.05) is 0 Å². The van der Waals surface area contributed by atoms with E-state index in [2.05, 4.69) is 218 Å². The maximum Gasteiger partial charge on any atom is -0.00987 e. The Morgan fingerprint density at radius 1 is 0.154 bits per heavy atom. The van der Waals surface area contributed by atoms with Crippen LogP contribution in [0.1, 0.15) is 0 Å². The molecule has 0 saturated carbocycles. The van der Waals surface area contributed by atoms with Gasteiger partial charge in [-0.25, -0.2) is 0 Å². The van der Waals surface area contributed by atoms with Gasteiger partial charge in [0.2, 0.25) is 0 Å². The first-order valence-electron chi connectivity index (χ1n) is 17.9. The minimum Gasteiger partial charge on any atom is -0.0622 e. The first-order valence-corrected chi connectivity index (χ1v) is 17.9. The van der Waals surface area contributed by atoms with E-state index in [1.165, 1.54) is 88.7 Å². The minimum atomic E-state index is 1.20. The van der Waals surface area contributed by atoms with Crippen molar-refractivity contribution in [3.05, 3.63) is 218 Å². The molecule has 52 heavy (non-hydrogen) atoms. The average Bonchev–Trinajstić information content (AvgIpc) is 3.24. The second-order valence-corrected chi connectivity index (χ2v) is 13.3. The SMILES string of the molecule is c1ccc(-c2ccc(-c3ccc(-c4ccccc4-c4ccccc4-c4ccc(-c5ccc6ccccc6c5)cc4)c(-c4ccccc4)c3)cc2)cc1. The fraction of sp³-hybridized carbons (Fsp3) is 0. The summed E-state index contributed by atoms with van der Waals surface area (Å²) in [4.78, 5) is 0. The molecule has 0 radical (unpaired) electrons. The molecule has 9 aromatic carbocycles. The molecule has 0 aliphatic carbocycles. The second kappa shape index (κ2) is 13.9. The van der Waals surface area contributed by atoms with Gasteiger partial charge in [0.1, 0.15) is 0 Å². The highest BCUT2D eigenvalue weighted by Gasteiger charge is 2.16. The summed E-state index contributed by atoms with van der Waals surface area (Å²) < 4.78 is 0. The molecule has 0 aliphatic rings. The van der Waals surface area contributed by atoms with Gasteiger partial charge < -0.3 is 0 Å². The lowest BCUT2D eigenvalue weighted by atomic mass is 9.85. The van der Waals surface area contributed by atoms with Crippen molar-refractivity contribution in [3.63, 3.8) is 0 Å². The number of hydrogen-bond donors (Lipinski definition) is 0. The lowest BCUT2D eigenvalue weighted by Crippen LogP contribution is -1.92. The Morgan fingerprint density at radius 3 is 1.12 bits per heavy atom. The van der Waals surface area contributed by atoms with Crippen LogP contribution in [0, 0.1) is 0 Å². The van der Waals surface area contributed by atoms with Gasteiger partial charge in [-0.1, -0.05) is 206 Å². The van der Waals surface area contributed by atoms with Gasteiger partial charge in [0.05, 0.1) is 0 Å². The minimum absolute atomic E-state index is 1.20. The molecule has 0 bridgehead atoms. The highest BCUT2D eigenvalue weighted by Crippen LogP contribution is 2.43. The molecular weight excluding hydrogens is 625 g/mol. The highest BCUT2D eigenvalue weighted by atomic mass is 14.2. The zero-order valence-corrected chi connectivity index (χ0v) is 28.8. The van der Waals surface area contributed by atoms with Crippen LogP contribution in [-0.4, -0.2) is 0 Å². The molecule has 0 heterocycles. The van der Waals surface area contributed by atoms with Crippen molar-refractivity contribution < 1.29 is 0 Å². The van der Waals surface area contributed by atoms with Crippen molar-refractivity contribution >= 4 is 10.8 Å². The molecule has 244 valence electrons. The van der Waals surface area contributed by atoms with E-state index in [-0.39, 0.29) is 0 Å². The van der Waals surface area contributed by atoms with Crippen LogP contribution in [0.3, 0.4) is 0 Å². The van der Waals surface area contributed by atoms with Gasteiger partial charge in [0, 0.05) is 0 Å². The normalized spacial score (nSPS) is 11.1. The van der Waals surface area contributed by atoms with Crippen LogP contribution in [-0.2, 0) is 0 Å². The zero-order valence-electron chi connectivity index (χ0n) is 28.8. The lowest BCUT2D eigenvalue weighted by Gasteiger charge is -2.18. The zero-order chi connectivity index (χ0) is 34.7. The fourth-order valence-electron chi connectivity index (χ4n) is 7.43. The topological polar surface area (TPSA) is 0 Å². The monoisotopic (exact) mass is 660 g/mol. The summed E-state index contributed by atoms with van der Waals surface area (Å²) in [6.45, 7) is 0. The summed E-state index contributed by atoms with van der Waals surface area (Å²) in [7, 11) is 0. The van der Waals surface area contributed by atoms with Crippen LogP contribution in [0.2, 0.25) is 0 Å². The Hall–Kier alpha value is -6.76. The molecule has 0 N–H and O–H groups in total. The molecule has 0 aromatic heterocycles. The lowest BCUT2D eigenvalue weighted by molar-refractivity contribution is 1.54. The largest absolute Gasteiger partial charge is 0.0622 e. The third-order valence-corrected chi connectivity index (χ3v) is 10.1. The van der Waals surface area contributed by atoms with Crippen molar-refractivity contribution in [3.8, 4) is 77.9 Å². The smallest absolute Gasteiger partial charge is 0.00987 e. The third-order valence-electron chi connectivity index (χ3n) is 10.1. The number of rotatable bonds is 7. The Morgan fingerprint density at radius 2 is 0.500 bits per heavy atom. The molecule has 0 unspecified atom stereocenters. The van der Waals surface area contributed by atoms with Crippen LogP contribution in [0.4, 0.5) is 0 Å². The summed E-state index contributed by atoms with van der Waals surface area (Å²) in [6, 6.07) is 79.1. The standard InChI is InChI=1S/C52H36/c1-3-13-37(14-4-1)39-23-25-41(26-24-39)46-33-34-51(52(36-46)42-16-5-2-6-17-42)50-22-12-11-21-49(50)48-20-10-9-19-47(48)43-30-27-40(28-31-43)45-32-29-38-15-7-8-18-44(38)35-45/h1-36H. The molecule has 9 aromatic rings. The predicted molar refractivity (Wildman–Crippen MR) is 222 cm³/mol. The van der Waals surface area contributed by atoms with Gasteiger partial charge in [-0.15, -0.1) is 0 Å². The van der Waals surface area contributed by atoms with E-state index >= 15 is 0 Å². The number of hydrogen-bond acceptors (Lipinski definition) is 0. The summed E-state index contributed by atoms with van der Waals surface area (Å²) in [6.07, 6.45) is 0.